The Morgan fingerprint density at radius 2 is 1.86 bits per heavy atom. The summed E-state index contributed by atoms with van der Waals surface area (Å²) in [5, 5.41) is 7.22. The van der Waals surface area contributed by atoms with E-state index in [2.05, 4.69) is 31.7 Å². The van der Waals surface area contributed by atoms with Crippen molar-refractivity contribution in [3.63, 3.8) is 0 Å². The number of aromatic amines is 1. The number of halogens is 3. The van der Waals surface area contributed by atoms with Crippen LogP contribution in [0.5, 0.6) is 0 Å². The lowest BCUT2D eigenvalue weighted by Gasteiger charge is -2.11. The van der Waals surface area contributed by atoms with Gasteiger partial charge < -0.3 is 15.6 Å². The lowest BCUT2D eigenvalue weighted by atomic mass is 10.1. The van der Waals surface area contributed by atoms with Crippen LogP contribution in [0.3, 0.4) is 0 Å². The van der Waals surface area contributed by atoms with Crippen LogP contribution in [0.1, 0.15) is 11.1 Å². The molecule has 0 saturated carbocycles. The topological polar surface area (TPSA) is 65.6 Å². The molecule has 2 aromatic carbocycles. The average molecular weight is 397 g/mol. The number of benzene rings is 2. The summed E-state index contributed by atoms with van der Waals surface area (Å²) in [6, 6.07) is 14.7. The number of alkyl halides is 3. The van der Waals surface area contributed by atoms with Crippen LogP contribution in [0.4, 0.5) is 30.6 Å². The van der Waals surface area contributed by atoms with Gasteiger partial charge >= 0.3 is 6.18 Å². The number of nitrogens with zero attached hydrogens (tertiary/aromatic N) is 2. The third kappa shape index (κ3) is 4.48. The number of nitrogens with one attached hydrogen (secondary N) is 3. The van der Waals surface area contributed by atoms with Crippen molar-refractivity contribution in [2.75, 3.05) is 17.2 Å². The van der Waals surface area contributed by atoms with Crippen molar-refractivity contribution in [3.05, 3.63) is 78.1 Å². The Hall–Kier alpha value is -3.55. The van der Waals surface area contributed by atoms with Gasteiger partial charge in [-0.1, -0.05) is 24.3 Å². The van der Waals surface area contributed by atoms with Crippen molar-refractivity contribution in [2.24, 2.45) is 0 Å². The van der Waals surface area contributed by atoms with Crippen LogP contribution in [0, 0.1) is 0 Å². The SMILES string of the molecule is FC(F)(F)c1cccc(Nc2ccnc(NCCc3c[nH]c4ccccc34)n2)c1. The molecule has 0 aliphatic heterocycles. The second-order valence-corrected chi connectivity index (χ2v) is 6.51. The molecule has 29 heavy (non-hydrogen) atoms. The van der Waals surface area contributed by atoms with Gasteiger partial charge in [0, 0.05) is 35.5 Å². The molecule has 3 N–H and O–H groups in total. The number of hydrogen-bond donors (Lipinski definition) is 3. The van der Waals surface area contributed by atoms with Gasteiger partial charge in [0.05, 0.1) is 5.56 Å². The molecule has 0 aliphatic rings. The second kappa shape index (κ2) is 7.83. The zero-order chi connectivity index (χ0) is 20.3. The van der Waals surface area contributed by atoms with E-state index in [4.69, 9.17) is 0 Å². The fraction of sp³-hybridized carbons (Fsp3) is 0.143. The number of H-pyrrole nitrogens is 1. The maximum atomic E-state index is 12.9. The molecule has 0 unspecified atom stereocenters. The molecule has 4 aromatic rings. The average Bonchev–Trinajstić information content (AvgIpc) is 3.11. The summed E-state index contributed by atoms with van der Waals surface area (Å²) < 4.78 is 38.6. The molecule has 2 heterocycles. The molecule has 0 atom stereocenters. The summed E-state index contributed by atoms with van der Waals surface area (Å²) in [6.07, 6.45) is -0.0765. The predicted octanol–water partition coefficient (Wildman–Crippen LogP) is 5.37. The normalized spacial score (nSPS) is 11.6. The summed E-state index contributed by atoms with van der Waals surface area (Å²) in [5.41, 5.74) is 1.87. The van der Waals surface area contributed by atoms with Crippen LogP contribution in [-0.2, 0) is 12.6 Å². The van der Waals surface area contributed by atoms with Crippen LogP contribution in [0.2, 0.25) is 0 Å². The number of fused-ring (bicyclic) bond motifs is 1. The van der Waals surface area contributed by atoms with Crippen molar-refractivity contribution >= 4 is 28.4 Å². The molecule has 4 rings (SSSR count). The van der Waals surface area contributed by atoms with E-state index in [1.165, 1.54) is 17.0 Å². The molecule has 5 nitrogen and oxygen atoms in total. The van der Waals surface area contributed by atoms with E-state index < -0.39 is 11.7 Å². The van der Waals surface area contributed by atoms with Gasteiger partial charge in [-0.05, 0) is 42.3 Å². The van der Waals surface area contributed by atoms with Crippen LogP contribution < -0.4 is 10.6 Å². The molecular formula is C21H18F3N5. The van der Waals surface area contributed by atoms with E-state index in [1.807, 2.05) is 24.4 Å². The largest absolute Gasteiger partial charge is 0.416 e. The summed E-state index contributed by atoms with van der Waals surface area (Å²) in [6.45, 7) is 0.620. The van der Waals surface area contributed by atoms with Crippen molar-refractivity contribution in [1.29, 1.82) is 0 Å². The first-order valence-electron chi connectivity index (χ1n) is 9.05. The lowest BCUT2D eigenvalue weighted by molar-refractivity contribution is -0.137. The summed E-state index contributed by atoms with van der Waals surface area (Å²) in [5.74, 6) is 0.815. The first kappa shape index (κ1) is 18.8. The van der Waals surface area contributed by atoms with Crippen molar-refractivity contribution in [2.45, 2.75) is 12.6 Å². The minimum absolute atomic E-state index is 0.309. The van der Waals surface area contributed by atoms with Gasteiger partial charge in [-0.2, -0.15) is 18.2 Å². The van der Waals surface area contributed by atoms with Gasteiger partial charge in [0.1, 0.15) is 5.82 Å². The zero-order valence-corrected chi connectivity index (χ0v) is 15.3. The molecule has 0 amide bonds. The number of anilines is 3. The van der Waals surface area contributed by atoms with Crippen LogP contribution in [0.15, 0.2) is 67.0 Å². The predicted molar refractivity (Wildman–Crippen MR) is 107 cm³/mol. The van der Waals surface area contributed by atoms with E-state index in [1.54, 1.807) is 18.3 Å². The van der Waals surface area contributed by atoms with E-state index in [0.717, 1.165) is 24.1 Å². The highest BCUT2D eigenvalue weighted by molar-refractivity contribution is 5.83. The number of para-hydroxylation sites is 1. The zero-order valence-electron chi connectivity index (χ0n) is 15.3. The number of hydrogen-bond acceptors (Lipinski definition) is 4. The van der Waals surface area contributed by atoms with Crippen molar-refractivity contribution in [3.8, 4) is 0 Å². The first-order chi connectivity index (χ1) is 14.0. The van der Waals surface area contributed by atoms with Gasteiger partial charge in [0.2, 0.25) is 5.95 Å². The Balaban J connectivity index is 1.40. The molecule has 0 aliphatic carbocycles. The Labute approximate surface area is 165 Å². The van der Waals surface area contributed by atoms with Gasteiger partial charge in [0.15, 0.2) is 0 Å². The minimum Gasteiger partial charge on any atom is -0.361 e. The van der Waals surface area contributed by atoms with E-state index in [9.17, 15) is 13.2 Å². The Bertz CT molecular complexity index is 1120. The van der Waals surface area contributed by atoms with Gasteiger partial charge in [-0.3, -0.25) is 0 Å². The third-order valence-electron chi connectivity index (χ3n) is 4.47. The molecule has 0 fully saturated rings. The third-order valence-corrected chi connectivity index (χ3v) is 4.47. The highest BCUT2D eigenvalue weighted by Gasteiger charge is 2.30. The number of aromatic nitrogens is 3. The first-order valence-corrected chi connectivity index (χ1v) is 9.05. The maximum absolute atomic E-state index is 12.9. The maximum Gasteiger partial charge on any atom is 0.416 e. The van der Waals surface area contributed by atoms with Crippen LogP contribution in [-0.4, -0.2) is 21.5 Å². The Morgan fingerprint density at radius 1 is 1.00 bits per heavy atom. The van der Waals surface area contributed by atoms with Gasteiger partial charge in [-0.15, -0.1) is 0 Å². The Kier molecular flexibility index (Phi) is 5.07. The second-order valence-electron chi connectivity index (χ2n) is 6.51. The van der Waals surface area contributed by atoms with Gasteiger partial charge in [0.25, 0.3) is 0 Å². The summed E-state index contributed by atoms with van der Waals surface area (Å²) >= 11 is 0. The Morgan fingerprint density at radius 3 is 2.72 bits per heavy atom. The van der Waals surface area contributed by atoms with E-state index in [0.29, 0.717) is 24.0 Å². The molecule has 148 valence electrons. The molecule has 0 bridgehead atoms. The van der Waals surface area contributed by atoms with E-state index in [-0.39, 0.29) is 0 Å². The van der Waals surface area contributed by atoms with Crippen LogP contribution in [0.25, 0.3) is 10.9 Å². The van der Waals surface area contributed by atoms with Crippen molar-refractivity contribution < 1.29 is 13.2 Å². The lowest BCUT2D eigenvalue weighted by Crippen LogP contribution is -2.09. The van der Waals surface area contributed by atoms with E-state index >= 15 is 0 Å². The molecule has 2 aromatic heterocycles. The molecule has 0 radical (unpaired) electrons. The standard InChI is InChI=1S/C21H18F3N5/c22-21(23,24)15-4-3-5-16(12-15)28-19-9-11-26-20(29-19)25-10-8-14-13-27-18-7-2-1-6-17(14)18/h1-7,9,11-13,27H,8,10H2,(H2,25,26,28,29). The quantitative estimate of drug-likeness (QED) is 0.409. The fourth-order valence-corrected chi connectivity index (χ4v) is 3.08. The molecule has 0 saturated heterocycles. The molecule has 8 heteroatoms. The monoisotopic (exact) mass is 397 g/mol. The van der Waals surface area contributed by atoms with Gasteiger partial charge in [-0.25, -0.2) is 4.98 Å². The number of rotatable bonds is 6. The summed E-state index contributed by atoms with van der Waals surface area (Å²) in [7, 11) is 0. The van der Waals surface area contributed by atoms with Crippen LogP contribution >= 0.6 is 0 Å². The minimum atomic E-state index is -4.39. The smallest absolute Gasteiger partial charge is 0.361 e. The van der Waals surface area contributed by atoms with Crippen molar-refractivity contribution in [1.82, 2.24) is 15.0 Å². The highest BCUT2D eigenvalue weighted by atomic mass is 19.4. The highest BCUT2D eigenvalue weighted by Crippen LogP contribution is 2.31. The fourth-order valence-electron chi connectivity index (χ4n) is 3.08. The summed E-state index contributed by atoms with van der Waals surface area (Å²) in [4.78, 5) is 11.7. The molecule has 0 spiro atoms. The molecular weight excluding hydrogens is 379 g/mol.